The van der Waals surface area contributed by atoms with Crippen LogP contribution in [0.1, 0.15) is 33.1 Å². The van der Waals surface area contributed by atoms with Crippen LogP contribution in [0.25, 0.3) is 0 Å². The number of hydrogen-bond donors (Lipinski definition) is 1. The molecule has 3 heteroatoms. The summed E-state index contributed by atoms with van der Waals surface area (Å²) in [6.45, 7) is 3.74. The number of fused-ring (bicyclic) bond motifs is 1. The first kappa shape index (κ1) is 9.00. The molecule has 0 spiro atoms. The third-order valence-corrected chi connectivity index (χ3v) is 3.45. The van der Waals surface area contributed by atoms with Crippen molar-refractivity contribution in [2.24, 2.45) is 11.8 Å². The number of carbonyl (C=O) groups excluding carboxylic acids is 1. The molecule has 1 saturated carbocycles. The lowest BCUT2D eigenvalue weighted by atomic mass is 9.75. The van der Waals surface area contributed by atoms with E-state index in [9.17, 15) is 9.90 Å². The zero-order valence-electron chi connectivity index (χ0n) is 8.12. The van der Waals surface area contributed by atoms with E-state index >= 15 is 0 Å². The van der Waals surface area contributed by atoms with Crippen LogP contribution in [0.5, 0.6) is 0 Å². The maximum Gasteiger partial charge on any atom is 0.338 e. The van der Waals surface area contributed by atoms with Gasteiger partial charge in [0.25, 0.3) is 0 Å². The van der Waals surface area contributed by atoms with Crippen molar-refractivity contribution < 1.29 is 14.6 Å². The van der Waals surface area contributed by atoms with Crippen LogP contribution in [0.2, 0.25) is 0 Å². The molecule has 1 N–H and O–H groups in total. The van der Waals surface area contributed by atoms with E-state index in [1.54, 1.807) is 6.92 Å². The van der Waals surface area contributed by atoms with Crippen molar-refractivity contribution in [2.45, 2.75) is 44.8 Å². The zero-order valence-corrected chi connectivity index (χ0v) is 8.12. The van der Waals surface area contributed by atoms with Gasteiger partial charge in [0.2, 0.25) is 0 Å². The molecule has 74 valence electrons. The number of rotatable bonds is 0. The molecule has 1 aliphatic carbocycles. The summed E-state index contributed by atoms with van der Waals surface area (Å²) >= 11 is 0. The van der Waals surface area contributed by atoms with Crippen LogP contribution < -0.4 is 0 Å². The van der Waals surface area contributed by atoms with Gasteiger partial charge in [0.15, 0.2) is 5.60 Å². The molecule has 2 rings (SSSR count). The second-order valence-corrected chi connectivity index (χ2v) is 4.62. The first-order valence-corrected chi connectivity index (χ1v) is 4.95. The van der Waals surface area contributed by atoms with E-state index in [4.69, 9.17) is 4.74 Å². The van der Waals surface area contributed by atoms with E-state index in [0.29, 0.717) is 5.92 Å². The molecule has 4 atom stereocenters. The molecule has 2 aliphatic rings. The fourth-order valence-electron chi connectivity index (χ4n) is 2.51. The summed E-state index contributed by atoms with van der Waals surface area (Å²) in [7, 11) is 0. The van der Waals surface area contributed by atoms with Gasteiger partial charge in [-0.3, -0.25) is 0 Å². The second-order valence-electron chi connectivity index (χ2n) is 4.62. The number of carbonyl (C=O) groups is 1. The lowest BCUT2D eigenvalue weighted by Crippen LogP contribution is -2.40. The Bertz CT molecular complexity index is 234. The van der Waals surface area contributed by atoms with Gasteiger partial charge in [-0.05, 0) is 25.7 Å². The van der Waals surface area contributed by atoms with Gasteiger partial charge in [-0.1, -0.05) is 13.3 Å². The maximum absolute atomic E-state index is 11.3. The van der Waals surface area contributed by atoms with Crippen LogP contribution in [0, 0.1) is 11.8 Å². The van der Waals surface area contributed by atoms with Crippen LogP contribution in [0.3, 0.4) is 0 Å². The third kappa shape index (κ3) is 1.26. The van der Waals surface area contributed by atoms with E-state index in [1.165, 1.54) is 0 Å². The highest BCUT2D eigenvalue weighted by Crippen LogP contribution is 2.42. The Morgan fingerprint density at radius 3 is 2.92 bits per heavy atom. The number of esters is 1. The first-order valence-electron chi connectivity index (χ1n) is 4.95. The van der Waals surface area contributed by atoms with Crippen molar-refractivity contribution in [3.05, 3.63) is 0 Å². The molecule has 0 aromatic carbocycles. The first-order chi connectivity index (χ1) is 6.01. The minimum Gasteiger partial charge on any atom is -0.460 e. The molecule has 1 aliphatic heterocycles. The summed E-state index contributed by atoms with van der Waals surface area (Å²) < 4.78 is 5.16. The van der Waals surface area contributed by atoms with Crippen molar-refractivity contribution in [3.63, 3.8) is 0 Å². The average molecular weight is 184 g/mol. The summed E-state index contributed by atoms with van der Waals surface area (Å²) in [5, 5.41) is 9.87. The summed E-state index contributed by atoms with van der Waals surface area (Å²) in [4.78, 5) is 11.3. The Kier molecular flexibility index (Phi) is 1.88. The van der Waals surface area contributed by atoms with Crippen LogP contribution >= 0.6 is 0 Å². The predicted octanol–water partition coefficient (Wildman–Crippen LogP) is 1.10. The smallest absolute Gasteiger partial charge is 0.338 e. The average Bonchev–Trinajstić information content (AvgIpc) is 2.23. The summed E-state index contributed by atoms with van der Waals surface area (Å²) in [5.74, 6) is 0.204. The molecule has 0 radical (unpaired) electrons. The van der Waals surface area contributed by atoms with Crippen molar-refractivity contribution >= 4 is 5.97 Å². The van der Waals surface area contributed by atoms with Crippen LogP contribution in [-0.4, -0.2) is 22.8 Å². The minimum absolute atomic E-state index is 0.0243. The minimum atomic E-state index is -1.23. The monoisotopic (exact) mass is 184 g/mol. The Morgan fingerprint density at radius 2 is 2.23 bits per heavy atom. The molecule has 1 heterocycles. The lowest BCUT2D eigenvalue weighted by Gasteiger charge is -2.31. The van der Waals surface area contributed by atoms with Crippen LogP contribution in [0.4, 0.5) is 0 Å². The van der Waals surface area contributed by atoms with Crippen molar-refractivity contribution in [2.75, 3.05) is 0 Å². The van der Waals surface area contributed by atoms with Crippen LogP contribution in [0.15, 0.2) is 0 Å². The zero-order chi connectivity index (χ0) is 9.64. The van der Waals surface area contributed by atoms with Crippen molar-refractivity contribution in [3.8, 4) is 0 Å². The van der Waals surface area contributed by atoms with Gasteiger partial charge in [0.05, 0.1) is 0 Å². The Labute approximate surface area is 78.1 Å². The molecule has 0 bridgehead atoms. The van der Waals surface area contributed by atoms with E-state index in [-0.39, 0.29) is 12.0 Å². The van der Waals surface area contributed by atoms with E-state index in [1.807, 2.05) is 0 Å². The van der Waals surface area contributed by atoms with Crippen molar-refractivity contribution in [1.82, 2.24) is 0 Å². The topological polar surface area (TPSA) is 46.5 Å². The standard InChI is InChI=1S/C10H16O3/c1-6-3-4-7-8(5-6)13-9(11)10(7,2)12/h6-8,12H,3-5H2,1-2H3/t6-,7-,8+,10-/m1/s1. The third-order valence-electron chi connectivity index (χ3n) is 3.45. The molecule has 2 fully saturated rings. The van der Waals surface area contributed by atoms with Crippen LogP contribution in [-0.2, 0) is 9.53 Å². The SMILES string of the molecule is C[C@@H]1CC[C@@H]2[C@H](C1)OC(=O)[C@]2(C)O. The van der Waals surface area contributed by atoms with Gasteiger partial charge in [-0.25, -0.2) is 4.79 Å². The molecule has 1 saturated heterocycles. The molecule has 3 nitrogen and oxygen atoms in total. The Balaban J connectivity index is 2.18. The highest BCUT2D eigenvalue weighted by Gasteiger charge is 2.54. The fraction of sp³-hybridized carbons (Fsp3) is 0.900. The molecule has 0 aromatic heterocycles. The molecular weight excluding hydrogens is 168 g/mol. The summed E-state index contributed by atoms with van der Waals surface area (Å²) in [6.07, 6.45) is 2.87. The predicted molar refractivity (Wildman–Crippen MR) is 47.0 cm³/mol. The van der Waals surface area contributed by atoms with Gasteiger partial charge < -0.3 is 9.84 Å². The number of hydrogen-bond acceptors (Lipinski definition) is 3. The molecular formula is C10H16O3. The van der Waals surface area contributed by atoms with Gasteiger partial charge in [0.1, 0.15) is 6.10 Å². The van der Waals surface area contributed by atoms with Crippen molar-refractivity contribution in [1.29, 1.82) is 0 Å². The largest absolute Gasteiger partial charge is 0.460 e. The van der Waals surface area contributed by atoms with E-state index in [0.717, 1.165) is 19.3 Å². The molecule has 0 unspecified atom stereocenters. The van der Waals surface area contributed by atoms with E-state index < -0.39 is 11.6 Å². The normalized spacial score (nSPS) is 50.1. The number of aliphatic hydroxyl groups is 1. The molecule has 0 amide bonds. The number of ether oxygens (including phenoxy) is 1. The highest BCUT2D eigenvalue weighted by molar-refractivity contribution is 5.81. The highest BCUT2D eigenvalue weighted by atomic mass is 16.6. The maximum atomic E-state index is 11.3. The molecule has 0 aromatic rings. The second kappa shape index (κ2) is 2.71. The quantitative estimate of drug-likeness (QED) is 0.573. The van der Waals surface area contributed by atoms with Gasteiger partial charge >= 0.3 is 5.97 Å². The Hall–Kier alpha value is -0.570. The lowest BCUT2D eigenvalue weighted by molar-refractivity contribution is -0.154. The van der Waals surface area contributed by atoms with Gasteiger partial charge in [0, 0.05) is 5.92 Å². The fourth-order valence-corrected chi connectivity index (χ4v) is 2.51. The summed E-state index contributed by atoms with van der Waals surface area (Å²) in [5.41, 5.74) is -1.23. The Morgan fingerprint density at radius 1 is 1.54 bits per heavy atom. The van der Waals surface area contributed by atoms with E-state index in [2.05, 4.69) is 6.92 Å². The van der Waals surface area contributed by atoms with Gasteiger partial charge in [-0.15, -0.1) is 0 Å². The molecule has 13 heavy (non-hydrogen) atoms. The summed E-state index contributed by atoms with van der Waals surface area (Å²) in [6, 6.07) is 0. The van der Waals surface area contributed by atoms with Gasteiger partial charge in [-0.2, -0.15) is 0 Å².